The first-order valence-corrected chi connectivity index (χ1v) is 5.12. The molecule has 13 heavy (non-hydrogen) atoms. The van der Waals surface area contributed by atoms with Gasteiger partial charge in [0, 0.05) is 12.5 Å². The Morgan fingerprint density at radius 1 is 1.62 bits per heavy atom. The number of nitrogens with zero attached hydrogens (tertiary/aromatic N) is 2. The molecule has 1 saturated carbocycles. The summed E-state index contributed by atoms with van der Waals surface area (Å²) in [4.78, 5) is 0. The predicted molar refractivity (Wildman–Crippen MR) is 52.9 cm³/mol. The average molecular weight is 200 g/mol. The third kappa shape index (κ3) is 1.58. The highest BCUT2D eigenvalue weighted by Gasteiger charge is 2.25. The second kappa shape index (κ2) is 3.68. The van der Waals surface area contributed by atoms with E-state index in [1.165, 1.54) is 25.0 Å². The summed E-state index contributed by atoms with van der Waals surface area (Å²) in [5, 5.41) is 5.02. The summed E-state index contributed by atoms with van der Waals surface area (Å²) < 4.78 is 1.95. The smallest absolute Gasteiger partial charge is 0.0820 e. The number of hydrogen-bond acceptors (Lipinski definition) is 2. The van der Waals surface area contributed by atoms with Gasteiger partial charge in [-0.15, -0.1) is 0 Å². The Balaban J connectivity index is 2.23. The quantitative estimate of drug-likeness (QED) is 0.807. The highest BCUT2D eigenvalue weighted by atomic mass is 35.5. The van der Waals surface area contributed by atoms with Crippen molar-refractivity contribution in [3.63, 3.8) is 0 Å². The van der Waals surface area contributed by atoms with Crippen LogP contribution in [0.2, 0.25) is 5.02 Å². The Hall–Kier alpha value is -0.540. The van der Waals surface area contributed by atoms with Crippen molar-refractivity contribution in [2.24, 2.45) is 5.73 Å². The molecule has 2 rings (SSSR count). The Kier molecular flexibility index (Phi) is 2.56. The van der Waals surface area contributed by atoms with Crippen molar-refractivity contribution in [3.8, 4) is 0 Å². The number of nitrogens with two attached hydrogens (primary N) is 1. The molecule has 0 spiro atoms. The SMILES string of the molecule is NCCn1ncc(Cl)c1C1CCC1. The number of halogens is 1. The molecule has 0 radical (unpaired) electrons. The molecule has 0 bridgehead atoms. The molecular formula is C9H14ClN3. The summed E-state index contributed by atoms with van der Waals surface area (Å²) in [5.41, 5.74) is 6.69. The van der Waals surface area contributed by atoms with Crippen LogP contribution in [0.3, 0.4) is 0 Å². The molecule has 4 heteroatoms. The van der Waals surface area contributed by atoms with Crippen LogP contribution in [0.15, 0.2) is 6.20 Å². The molecule has 3 nitrogen and oxygen atoms in total. The van der Waals surface area contributed by atoms with Crippen LogP contribution in [0, 0.1) is 0 Å². The maximum absolute atomic E-state index is 6.06. The van der Waals surface area contributed by atoms with E-state index in [1.807, 2.05) is 4.68 Å². The standard InChI is InChI=1S/C9H14ClN3/c10-8-6-12-13(5-4-11)9(8)7-2-1-3-7/h6-7H,1-5,11H2. The number of hydrogen-bond donors (Lipinski definition) is 1. The molecule has 0 saturated heterocycles. The third-order valence-corrected chi connectivity index (χ3v) is 2.96. The lowest BCUT2D eigenvalue weighted by molar-refractivity contribution is 0.389. The van der Waals surface area contributed by atoms with Crippen molar-refractivity contribution in [2.45, 2.75) is 31.7 Å². The monoisotopic (exact) mass is 199 g/mol. The molecule has 0 aliphatic heterocycles. The summed E-state index contributed by atoms with van der Waals surface area (Å²) >= 11 is 6.06. The number of aromatic nitrogens is 2. The molecule has 72 valence electrons. The topological polar surface area (TPSA) is 43.8 Å². The summed E-state index contributed by atoms with van der Waals surface area (Å²) in [6, 6.07) is 0. The van der Waals surface area contributed by atoms with Crippen molar-refractivity contribution in [3.05, 3.63) is 16.9 Å². The van der Waals surface area contributed by atoms with Gasteiger partial charge in [0.15, 0.2) is 0 Å². The molecule has 1 heterocycles. The van der Waals surface area contributed by atoms with Crippen LogP contribution >= 0.6 is 11.6 Å². The average Bonchev–Trinajstić information content (AvgIpc) is 2.34. The fraction of sp³-hybridized carbons (Fsp3) is 0.667. The zero-order chi connectivity index (χ0) is 9.26. The molecule has 1 aliphatic carbocycles. The summed E-state index contributed by atoms with van der Waals surface area (Å²) in [7, 11) is 0. The van der Waals surface area contributed by atoms with Gasteiger partial charge in [0.25, 0.3) is 0 Å². The molecule has 0 atom stereocenters. The van der Waals surface area contributed by atoms with Crippen LogP contribution in [-0.2, 0) is 6.54 Å². The van der Waals surface area contributed by atoms with Crippen LogP contribution < -0.4 is 5.73 Å². The maximum atomic E-state index is 6.06. The van der Waals surface area contributed by atoms with Crippen molar-refractivity contribution >= 4 is 11.6 Å². The van der Waals surface area contributed by atoms with E-state index >= 15 is 0 Å². The van der Waals surface area contributed by atoms with E-state index in [2.05, 4.69) is 5.10 Å². The first-order chi connectivity index (χ1) is 6.33. The van der Waals surface area contributed by atoms with Crippen molar-refractivity contribution in [2.75, 3.05) is 6.54 Å². The minimum atomic E-state index is 0.623. The largest absolute Gasteiger partial charge is 0.329 e. The van der Waals surface area contributed by atoms with Gasteiger partial charge in [0.1, 0.15) is 0 Å². The summed E-state index contributed by atoms with van der Waals surface area (Å²) in [6.45, 7) is 1.40. The van der Waals surface area contributed by atoms with Crippen LogP contribution in [0.5, 0.6) is 0 Å². The van der Waals surface area contributed by atoms with Gasteiger partial charge in [-0.3, -0.25) is 4.68 Å². The van der Waals surface area contributed by atoms with Gasteiger partial charge in [-0.2, -0.15) is 5.10 Å². The molecule has 1 aromatic heterocycles. The van der Waals surface area contributed by atoms with Gasteiger partial charge < -0.3 is 5.73 Å². The normalized spacial score (nSPS) is 17.4. The Morgan fingerprint density at radius 2 is 2.38 bits per heavy atom. The van der Waals surface area contributed by atoms with Gasteiger partial charge in [-0.05, 0) is 12.8 Å². The Bertz CT molecular complexity index is 291. The van der Waals surface area contributed by atoms with E-state index in [9.17, 15) is 0 Å². The minimum absolute atomic E-state index is 0.623. The first-order valence-electron chi connectivity index (χ1n) is 4.74. The summed E-state index contributed by atoms with van der Waals surface area (Å²) in [6.07, 6.45) is 5.53. The summed E-state index contributed by atoms with van der Waals surface area (Å²) in [5.74, 6) is 0.626. The van der Waals surface area contributed by atoms with Gasteiger partial charge in [-0.1, -0.05) is 18.0 Å². The van der Waals surface area contributed by atoms with Crippen LogP contribution in [0.4, 0.5) is 0 Å². The van der Waals surface area contributed by atoms with Gasteiger partial charge in [0.05, 0.1) is 23.5 Å². The Morgan fingerprint density at radius 3 is 2.92 bits per heavy atom. The Labute approximate surface area is 82.9 Å². The molecule has 1 fully saturated rings. The number of rotatable bonds is 3. The highest BCUT2D eigenvalue weighted by molar-refractivity contribution is 6.31. The van der Waals surface area contributed by atoms with E-state index in [1.54, 1.807) is 6.20 Å². The second-order valence-electron chi connectivity index (χ2n) is 3.52. The molecule has 0 amide bonds. The van der Waals surface area contributed by atoms with Gasteiger partial charge in [0.2, 0.25) is 0 Å². The molecule has 0 unspecified atom stereocenters. The van der Waals surface area contributed by atoms with Gasteiger partial charge in [-0.25, -0.2) is 0 Å². The van der Waals surface area contributed by atoms with Crippen molar-refractivity contribution < 1.29 is 0 Å². The van der Waals surface area contributed by atoms with Gasteiger partial charge >= 0.3 is 0 Å². The lowest BCUT2D eigenvalue weighted by Crippen LogP contribution is -2.19. The first kappa shape index (κ1) is 9.03. The van der Waals surface area contributed by atoms with Crippen LogP contribution in [0.1, 0.15) is 30.9 Å². The van der Waals surface area contributed by atoms with E-state index in [0.29, 0.717) is 12.5 Å². The molecule has 1 aliphatic rings. The zero-order valence-corrected chi connectivity index (χ0v) is 8.30. The molecular weight excluding hydrogens is 186 g/mol. The lowest BCUT2D eigenvalue weighted by atomic mass is 9.83. The fourth-order valence-electron chi connectivity index (χ4n) is 1.76. The molecule has 2 N–H and O–H groups in total. The maximum Gasteiger partial charge on any atom is 0.0820 e. The third-order valence-electron chi connectivity index (χ3n) is 2.67. The fourth-order valence-corrected chi connectivity index (χ4v) is 2.06. The second-order valence-corrected chi connectivity index (χ2v) is 3.92. The van der Waals surface area contributed by atoms with E-state index in [-0.39, 0.29) is 0 Å². The van der Waals surface area contributed by atoms with Crippen LogP contribution in [-0.4, -0.2) is 16.3 Å². The van der Waals surface area contributed by atoms with E-state index in [0.717, 1.165) is 11.6 Å². The van der Waals surface area contributed by atoms with Crippen molar-refractivity contribution in [1.29, 1.82) is 0 Å². The van der Waals surface area contributed by atoms with E-state index < -0.39 is 0 Å². The molecule has 1 aromatic rings. The minimum Gasteiger partial charge on any atom is -0.329 e. The molecule has 0 aromatic carbocycles. The predicted octanol–water partition coefficient (Wildman–Crippen LogP) is 1.76. The lowest BCUT2D eigenvalue weighted by Gasteiger charge is -2.26. The van der Waals surface area contributed by atoms with Crippen LogP contribution in [0.25, 0.3) is 0 Å². The van der Waals surface area contributed by atoms with E-state index in [4.69, 9.17) is 17.3 Å². The highest BCUT2D eigenvalue weighted by Crippen LogP contribution is 2.39. The van der Waals surface area contributed by atoms with Crippen molar-refractivity contribution in [1.82, 2.24) is 9.78 Å². The zero-order valence-electron chi connectivity index (χ0n) is 7.54.